The number of nitrogens with zero attached hydrogens (tertiary/aromatic N) is 3. The summed E-state index contributed by atoms with van der Waals surface area (Å²) in [6.07, 6.45) is 3.93. The van der Waals surface area contributed by atoms with Crippen molar-refractivity contribution < 1.29 is 0 Å². The average molecular weight is 444 g/mol. The van der Waals surface area contributed by atoms with Crippen LogP contribution < -0.4 is 5.32 Å². The molecule has 0 atom stereocenters. The summed E-state index contributed by atoms with van der Waals surface area (Å²) in [5, 5.41) is 3.52. The van der Waals surface area contributed by atoms with Gasteiger partial charge in [0.15, 0.2) is 5.96 Å². The van der Waals surface area contributed by atoms with Crippen LogP contribution in [0.5, 0.6) is 0 Å². The lowest BCUT2D eigenvalue weighted by atomic mass is 9.93. The summed E-state index contributed by atoms with van der Waals surface area (Å²) in [7, 11) is 4.10. The van der Waals surface area contributed by atoms with Gasteiger partial charge in [-0.2, -0.15) is 0 Å². The standard InChI is InChI=1S/C19H32N4.HI/c1-4-23-14-11-17(12-15-23)10-13-20-19(22(2)3)21-16-18-8-6-5-7-9-18;/h5-9,17H,4,10-16H2,1-3H3,(H,20,21);1H. The van der Waals surface area contributed by atoms with Crippen molar-refractivity contribution in [1.29, 1.82) is 0 Å². The van der Waals surface area contributed by atoms with E-state index in [4.69, 9.17) is 4.99 Å². The van der Waals surface area contributed by atoms with Crippen LogP contribution in [0.15, 0.2) is 35.3 Å². The van der Waals surface area contributed by atoms with Gasteiger partial charge in [-0.1, -0.05) is 37.3 Å². The maximum atomic E-state index is 4.72. The summed E-state index contributed by atoms with van der Waals surface area (Å²) in [5.41, 5.74) is 1.25. The molecule has 1 aliphatic heterocycles. The molecule has 5 heteroatoms. The molecule has 1 aromatic rings. The first-order chi connectivity index (χ1) is 11.2. The third kappa shape index (κ3) is 7.38. The molecule has 0 bridgehead atoms. The highest BCUT2D eigenvalue weighted by Crippen LogP contribution is 2.19. The van der Waals surface area contributed by atoms with E-state index in [-0.39, 0.29) is 24.0 Å². The van der Waals surface area contributed by atoms with Crippen molar-refractivity contribution in [2.75, 3.05) is 40.3 Å². The normalized spacial score (nSPS) is 16.5. The molecular weight excluding hydrogens is 411 g/mol. The number of benzene rings is 1. The Morgan fingerprint density at radius 1 is 1.21 bits per heavy atom. The van der Waals surface area contributed by atoms with E-state index >= 15 is 0 Å². The second-order valence-electron chi connectivity index (χ2n) is 6.61. The molecule has 0 radical (unpaired) electrons. The van der Waals surface area contributed by atoms with E-state index < -0.39 is 0 Å². The molecular formula is C19H33IN4. The van der Waals surface area contributed by atoms with Gasteiger partial charge in [0.2, 0.25) is 0 Å². The van der Waals surface area contributed by atoms with Crippen LogP contribution in [-0.4, -0.2) is 56.0 Å². The highest BCUT2D eigenvalue weighted by Gasteiger charge is 2.17. The van der Waals surface area contributed by atoms with Gasteiger partial charge < -0.3 is 15.1 Å². The topological polar surface area (TPSA) is 30.9 Å². The summed E-state index contributed by atoms with van der Waals surface area (Å²) in [6.45, 7) is 7.74. The summed E-state index contributed by atoms with van der Waals surface area (Å²) in [4.78, 5) is 9.35. The third-order valence-electron chi connectivity index (χ3n) is 4.67. The van der Waals surface area contributed by atoms with Gasteiger partial charge in [-0.25, -0.2) is 4.99 Å². The second kappa shape index (κ2) is 11.7. The van der Waals surface area contributed by atoms with Crippen LogP contribution in [0.4, 0.5) is 0 Å². The van der Waals surface area contributed by atoms with Crippen molar-refractivity contribution in [3.8, 4) is 0 Å². The molecule has 2 rings (SSSR count). The molecule has 0 saturated carbocycles. The molecule has 1 heterocycles. The zero-order chi connectivity index (χ0) is 16.5. The summed E-state index contributed by atoms with van der Waals surface area (Å²) in [6, 6.07) is 10.4. The van der Waals surface area contributed by atoms with E-state index in [0.717, 1.165) is 25.0 Å². The van der Waals surface area contributed by atoms with Gasteiger partial charge in [0.25, 0.3) is 0 Å². The van der Waals surface area contributed by atoms with Crippen molar-refractivity contribution in [3.63, 3.8) is 0 Å². The number of halogens is 1. The number of aliphatic imine (C=N–C) groups is 1. The van der Waals surface area contributed by atoms with Gasteiger partial charge in [-0.15, -0.1) is 24.0 Å². The Bertz CT molecular complexity index is 468. The third-order valence-corrected chi connectivity index (χ3v) is 4.67. The SMILES string of the molecule is CCN1CCC(CCNC(=NCc2ccccc2)N(C)C)CC1.I. The number of piperidine rings is 1. The molecule has 0 aromatic heterocycles. The molecule has 24 heavy (non-hydrogen) atoms. The van der Waals surface area contributed by atoms with Gasteiger partial charge in [0.1, 0.15) is 0 Å². The Labute approximate surface area is 164 Å². The minimum Gasteiger partial charge on any atom is -0.356 e. The lowest BCUT2D eigenvalue weighted by molar-refractivity contribution is 0.187. The molecule has 0 aliphatic carbocycles. The molecule has 1 aromatic carbocycles. The fourth-order valence-corrected chi connectivity index (χ4v) is 3.08. The number of rotatable bonds is 6. The van der Waals surface area contributed by atoms with E-state index in [1.54, 1.807) is 0 Å². The van der Waals surface area contributed by atoms with Crippen LogP contribution in [0.25, 0.3) is 0 Å². The van der Waals surface area contributed by atoms with Crippen molar-refractivity contribution >= 4 is 29.9 Å². The van der Waals surface area contributed by atoms with Gasteiger partial charge in [-0.05, 0) is 50.4 Å². The van der Waals surface area contributed by atoms with Gasteiger partial charge in [0.05, 0.1) is 6.54 Å². The van der Waals surface area contributed by atoms with E-state index in [9.17, 15) is 0 Å². The maximum absolute atomic E-state index is 4.72. The van der Waals surface area contributed by atoms with E-state index in [2.05, 4.69) is 60.4 Å². The van der Waals surface area contributed by atoms with E-state index in [0.29, 0.717) is 0 Å². The van der Waals surface area contributed by atoms with Gasteiger partial charge in [-0.3, -0.25) is 0 Å². The molecule has 0 spiro atoms. The smallest absolute Gasteiger partial charge is 0.193 e. The second-order valence-corrected chi connectivity index (χ2v) is 6.61. The highest BCUT2D eigenvalue weighted by atomic mass is 127. The molecule has 1 aliphatic rings. The number of likely N-dealkylation sites (tertiary alicyclic amines) is 1. The first kappa shape index (κ1) is 21.2. The molecule has 136 valence electrons. The van der Waals surface area contributed by atoms with Crippen molar-refractivity contribution in [2.45, 2.75) is 32.7 Å². The first-order valence-electron chi connectivity index (χ1n) is 8.91. The molecule has 1 saturated heterocycles. The Morgan fingerprint density at radius 2 is 1.88 bits per heavy atom. The van der Waals surface area contributed by atoms with E-state index in [1.165, 1.54) is 44.5 Å². The molecule has 4 nitrogen and oxygen atoms in total. The Morgan fingerprint density at radius 3 is 2.46 bits per heavy atom. The lowest BCUT2D eigenvalue weighted by Crippen LogP contribution is -2.39. The number of nitrogens with one attached hydrogen (secondary N) is 1. The van der Waals surface area contributed by atoms with Crippen LogP contribution in [0.1, 0.15) is 31.7 Å². The van der Waals surface area contributed by atoms with Crippen molar-refractivity contribution in [1.82, 2.24) is 15.1 Å². The zero-order valence-electron chi connectivity index (χ0n) is 15.4. The number of hydrogen-bond acceptors (Lipinski definition) is 2. The van der Waals surface area contributed by atoms with Gasteiger partial charge in [0, 0.05) is 20.6 Å². The largest absolute Gasteiger partial charge is 0.356 e. The van der Waals surface area contributed by atoms with Gasteiger partial charge >= 0.3 is 0 Å². The van der Waals surface area contributed by atoms with Crippen LogP contribution in [0.3, 0.4) is 0 Å². The number of hydrogen-bond donors (Lipinski definition) is 1. The molecule has 0 unspecified atom stereocenters. The molecule has 1 fully saturated rings. The summed E-state index contributed by atoms with van der Waals surface area (Å²) >= 11 is 0. The highest BCUT2D eigenvalue weighted by molar-refractivity contribution is 14.0. The quantitative estimate of drug-likeness (QED) is 0.415. The van der Waals surface area contributed by atoms with Crippen LogP contribution in [0.2, 0.25) is 0 Å². The van der Waals surface area contributed by atoms with E-state index in [1.807, 2.05) is 6.07 Å². The van der Waals surface area contributed by atoms with Crippen LogP contribution in [-0.2, 0) is 6.54 Å². The Kier molecular flexibility index (Phi) is 10.3. The van der Waals surface area contributed by atoms with Crippen LogP contribution in [0, 0.1) is 5.92 Å². The minimum atomic E-state index is 0. The minimum absolute atomic E-state index is 0. The molecule has 0 amide bonds. The van der Waals surface area contributed by atoms with Crippen LogP contribution >= 0.6 is 24.0 Å². The van der Waals surface area contributed by atoms with Crippen molar-refractivity contribution in [3.05, 3.63) is 35.9 Å². The predicted octanol–water partition coefficient (Wildman–Crippen LogP) is 3.43. The predicted molar refractivity (Wildman–Crippen MR) is 114 cm³/mol. The maximum Gasteiger partial charge on any atom is 0.193 e. The average Bonchev–Trinajstić information content (AvgIpc) is 2.59. The Hall–Kier alpha value is -0.820. The van der Waals surface area contributed by atoms with Crippen molar-refractivity contribution in [2.24, 2.45) is 10.9 Å². The first-order valence-corrected chi connectivity index (χ1v) is 8.91. The zero-order valence-corrected chi connectivity index (χ0v) is 17.7. The monoisotopic (exact) mass is 444 g/mol. The lowest BCUT2D eigenvalue weighted by Gasteiger charge is -2.31. The Balaban J connectivity index is 0.00000288. The number of guanidine groups is 1. The summed E-state index contributed by atoms with van der Waals surface area (Å²) in [5.74, 6) is 1.85. The fourth-order valence-electron chi connectivity index (χ4n) is 3.08. The summed E-state index contributed by atoms with van der Waals surface area (Å²) < 4.78 is 0. The fraction of sp³-hybridized carbons (Fsp3) is 0.632. The molecule has 1 N–H and O–H groups in total.